The second-order valence-corrected chi connectivity index (χ2v) is 8.31. The number of benzene rings is 2. The molecule has 7 nitrogen and oxygen atoms in total. The van der Waals surface area contributed by atoms with Crippen molar-refractivity contribution in [1.82, 2.24) is 9.88 Å². The average molecular weight is 455 g/mol. The average Bonchev–Trinajstić information content (AvgIpc) is 3.61. The highest BCUT2D eigenvalue weighted by molar-refractivity contribution is 6.10. The quantitative estimate of drug-likeness (QED) is 0.405. The second kappa shape index (κ2) is 9.67. The summed E-state index contributed by atoms with van der Waals surface area (Å²) in [5.41, 5.74) is 4.51. The van der Waals surface area contributed by atoms with Crippen LogP contribution in [-0.2, 0) is 4.79 Å². The largest absolute Gasteiger partial charge is 0.497 e. The Bertz CT molecular complexity index is 1310. The van der Waals surface area contributed by atoms with E-state index in [2.05, 4.69) is 15.2 Å². The molecule has 3 aromatic rings. The lowest BCUT2D eigenvalue weighted by atomic mass is 10.1. The van der Waals surface area contributed by atoms with Gasteiger partial charge in [-0.1, -0.05) is 6.07 Å². The van der Waals surface area contributed by atoms with Gasteiger partial charge in [0.1, 0.15) is 17.4 Å². The molecule has 0 aliphatic heterocycles. The van der Waals surface area contributed by atoms with Crippen molar-refractivity contribution in [1.29, 1.82) is 5.26 Å². The minimum Gasteiger partial charge on any atom is -0.497 e. The lowest BCUT2D eigenvalue weighted by molar-refractivity contribution is -0.112. The number of carbonyl (C=O) groups excluding carboxylic acids is 2. The van der Waals surface area contributed by atoms with Crippen LogP contribution in [0.25, 0.3) is 11.8 Å². The molecule has 0 atom stereocenters. The Balaban J connectivity index is 1.55. The summed E-state index contributed by atoms with van der Waals surface area (Å²) in [4.78, 5) is 25.1. The highest BCUT2D eigenvalue weighted by atomic mass is 16.5. The maximum Gasteiger partial charge on any atom is 0.266 e. The molecule has 0 unspecified atom stereocenters. The number of anilines is 1. The van der Waals surface area contributed by atoms with Gasteiger partial charge in [0.25, 0.3) is 11.8 Å². The van der Waals surface area contributed by atoms with E-state index in [0.29, 0.717) is 11.3 Å². The molecule has 0 saturated heterocycles. The lowest BCUT2D eigenvalue weighted by Crippen LogP contribution is -2.25. The number of amides is 2. The predicted molar refractivity (Wildman–Crippen MR) is 131 cm³/mol. The molecule has 2 N–H and O–H groups in total. The third kappa shape index (κ3) is 5.02. The van der Waals surface area contributed by atoms with Crippen molar-refractivity contribution in [2.45, 2.75) is 32.7 Å². The van der Waals surface area contributed by atoms with Crippen molar-refractivity contribution >= 4 is 23.6 Å². The van der Waals surface area contributed by atoms with Gasteiger partial charge in [0.15, 0.2) is 0 Å². The van der Waals surface area contributed by atoms with E-state index in [0.717, 1.165) is 41.2 Å². The van der Waals surface area contributed by atoms with E-state index >= 15 is 0 Å². The molecule has 34 heavy (non-hydrogen) atoms. The van der Waals surface area contributed by atoms with Crippen LogP contribution in [0.5, 0.6) is 5.75 Å². The Morgan fingerprint density at radius 3 is 2.50 bits per heavy atom. The molecular weight excluding hydrogens is 428 g/mol. The monoisotopic (exact) mass is 454 g/mol. The van der Waals surface area contributed by atoms with Crippen LogP contribution in [0.15, 0.2) is 60.2 Å². The number of nitrogens with one attached hydrogen (secondary N) is 2. The summed E-state index contributed by atoms with van der Waals surface area (Å²) in [7, 11) is 1.62. The lowest BCUT2D eigenvalue weighted by Gasteiger charge is -2.10. The van der Waals surface area contributed by atoms with Crippen LogP contribution in [0.4, 0.5) is 5.69 Å². The molecule has 1 aromatic heterocycles. The van der Waals surface area contributed by atoms with E-state index in [4.69, 9.17) is 4.74 Å². The van der Waals surface area contributed by atoms with E-state index < -0.39 is 5.91 Å². The van der Waals surface area contributed by atoms with Crippen LogP contribution in [0, 0.1) is 25.2 Å². The third-order valence-electron chi connectivity index (χ3n) is 5.76. The fourth-order valence-electron chi connectivity index (χ4n) is 3.80. The van der Waals surface area contributed by atoms with Crippen molar-refractivity contribution in [3.05, 3.63) is 82.7 Å². The van der Waals surface area contributed by atoms with E-state index in [1.807, 2.05) is 50.2 Å². The Kier molecular flexibility index (Phi) is 6.51. The van der Waals surface area contributed by atoms with Gasteiger partial charge >= 0.3 is 0 Å². The summed E-state index contributed by atoms with van der Waals surface area (Å²) in [5, 5.41) is 15.3. The molecule has 0 radical (unpaired) electrons. The van der Waals surface area contributed by atoms with Crippen LogP contribution in [0.3, 0.4) is 0 Å². The van der Waals surface area contributed by atoms with Gasteiger partial charge in [-0.05, 0) is 86.9 Å². The van der Waals surface area contributed by atoms with Gasteiger partial charge in [-0.15, -0.1) is 0 Å². The summed E-state index contributed by atoms with van der Waals surface area (Å²) in [5.74, 6) is 0.0704. The van der Waals surface area contributed by atoms with Gasteiger partial charge in [0, 0.05) is 34.4 Å². The number of nitrogens with zero attached hydrogens (tertiary/aromatic N) is 2. The SMILES string of the molecule is COc1ccc(-n2c(C)cc(/C=C(\C#N)C(=O)Nc3cccc(C(=O)NC4CC4)c3)c2C)cc1. The van der Waals surface area contributed by atoms with Crippen LogP contribution < -0.4 is 15.4 Å². The number of hydrogen-bond donors (Lipinski definition) is 2. The number of nitriles is 1. The predicted octanol–water partition coefficient (Wildman–Crippen LogP) is 4.54. The Morgan fingerprint density at radius 2 is 1.85 bits per heavy atom. The third-order valence-corrected chi connectivity index (χ3v) is 5.76. The molecule has 7 heteroatoms. The van der Waals surface area contributed by atoms with Crippen LogP contribution in [-0.4, -0.2) is 29.5 Å². The molecule has 2 amide bonds. The molecule has 4 rings (SSSR count). The van der Waals surface area contributed by atoms with Gasteiger partial charge in [-0.2, -0.15) is 5.26 Å². The number of carbonyl (C=O) groups is 2. The second-order valence-electron chi connectivity index (χ2n) is 8.31. The molecule has 172 valence electrons. The van der Waals surface area contributed by atoms with Gasteiger partial charge in [0.05, 0.1) is 7.11 Å². The zero-order valence-corrected chi connectivity index (χ0v) is 19.4. The summed E-state index contributed by atoms with van der Waals surface area (Å²) in [6.07, 6.45) is 3.58. The molecule has 1 fully saturated rings. The van der Waals surface area contributed by atoms with Crippen molar-refractivity contribution in [2.75, 3.05) is 12.4 Å². The van der Waals surface area contributed by atoms with Crippen LogP contribution >= 0.6 is 0 Å². The summed E-state index contributed by atoms with van der Waals surface area (Å²) in [6.45, 7) is 3.91. The molecule has 1 aliphatic rings. The number of methoxy groups -OCH3 is 1. The highest BCUT2D eigenvalue weighted by Crippen LogP contribution is 2.25. The van der Waals surface area contributed by atoms with Gasteiger partial charge in [0.2, 0.25) is 0 Å². The summed E-state index contributed by atoms with van der Waals surface area (Å²) in [6, 6.07) is 18.6. The van der Waals surface area contributed by atoms with Crippen molar-refractivity contribution in [3.63, 3.8) is 0 Å². The summed E-state index contributed by atoms with van der Waals surface area (Å²) < 4.78 is 7.29. The maximum atomic E-state index is 12.8. The molecular formula is C27H26N4O3. The number of aromatic nitrogens is 1. The first-order valence-electron chi connectivity index (χ1n) is 11.1. The van der Waals surface area contributed by atoms with Crippen molar-refractivity contribution in [2.24, 2.45) is 0 Å². The summed E-state index contributed by atoms with van der Waals surface area (Å²) >= 11 is 0. The Morgan fingerprint density at radius 1 is 1.12 bits per heavy atom. The molecule has 0 spiro atoms. The van der Waals surface area contributed by atoms with E-state index in [1.165, 1.54) is 0 Å². The fourth-order valence-corrected chi connectivity index (χ4v) is 3.80. The van der Waals surface area contributed by atoms with Crippen molar-refractivity contribution in [3.8, 4) is 17.5 Å². The van der Waals surface area contributed by atoms with E-state index in [-0.39, 0.29) is 17.5 Å². The molecule has 1 aliphatic carbocycles. The fraction of sp³-hybridized carbons (Fsp3) is 0.222. The topological polar surface area (TPSA) is 96.2 Å². The zero-order chi connectivity index (χ0) is 24.2. The maximum absolute atomic E-state index is 12.8. The Hall–Kier alpha value is -4.31. The van der Waals surface area contributed by atoms with Crippen LogP contribution in [0.2, 0.25) is 0 Å². The number of aryl methyl sites for hydroxylation is 1. The van der Waals surface area contributed by atoms with Crippen LogP contribution in [0.1, 0.15) is 40.2 Å². The minimum atomic E-state index is -0.531. The molecule has 0 bridgehead atoms. The van der Waals surface area contributed by atoms with E-state index in [9.17, 15) is 14.9 Å². The minimum absolute atomic E-state index is 0.0252. The first-order valence-corrected chi connectivity index (χ1v) is 11.1. The number of ether oxygens (including phenoxy) is 1. The van der Waals surface area contributed by atoms with Gasteiger partial charge in [-0.25, -0.2) is 0 Å². The first-order chi connectivity index (χ1) is 16.4. The molecule has 2 aromatic carbocycles. The number of rotatable bonds is 7. The highest BCUT2D eigenvalue weighted by Gasteiger charge is 2.24. The number of hydrogen-bond acceptors (Lipinski definition) is 4. The van der Waals surface area contributed by atoms with E-state index in [1.54, 1.807) is 37.5 Å². The van der Waals surface area contributed by atoms with Crippen molar-refractivity contribution < 1.29 is 14.3 Å². The normalized spacial score (nSPS) is 13.2. The van der Waals surface area contributed by atoms with Gasteiger partial charge in [-0.3, -0.25) is 9.59 Å². The zero-order valence-electron chi connectivity index (χ0n) is 19.4. The first kappa shape index (κ1) is 22.9. The Labute approximate surface area is 198 Å². The molecule has 1 saturated carbocycles. The standard InChI is InChI=1S/C27H26N4O3/c1-17-13-20(18(2)31(17)24-9-11-25(34-3)12-10-24)14-21(16-28)27(33)30-23-6-4-5-19(15-23)26(32)29-22-7-8-22/h4-6,9-15,22H,7-8H2,1-3H3,(H,29,32)(H,30,33)/b21-14+. The molecule has 1 heterocycles. The smallest absolute Gasteiger partial charge is 0.266 e. The van der Waals surface area contributed by atoms with Gasteiger partial charge < -0.3 is 19.9 Å².